The van der Waals surface area contributed by atoms with Crippen molar-refractivity contribution in [3.63, 3.8) is 0 Å². The fourth-order valence-corrected chi connectivity index (χ4v) is 3.21. The van der Waals surface area contributed by atoms with Gasteiger partial charge in [0.1, 0.15) is 11.4 Å². The molecule has 0 atom stereocenters. The van der Waals surface area contributed by atoms with E-state index in [9.17, 15) is 0 Å². The first-order chi connectivity index (χ1) is 14.6. The first-order valence-electron chi connectivity index (χ1n) is 9.17. The molecule has 0 unspecified atom stereocenters. The number of nitrogens with zero attached hydrogens (tertiary/aromatic N) is 3. The van der Waals surface area contributed by atoms with Crippen molar-refractivity contribution in [2.75, 3.05) is 12.5 Å². The second kappa shape index (κ2) is 9.03. The third kappa shape index (κ3) is 4.48. The van der Waals surface area contributed by atoms with Gasteiger partial charge >= 0.3 is 0 Å². The highest BCUT2D eigenvalue weighted by Gasteiger charge is 2.11. The third-order valence-electron chi connectivity index (χ3n) is 4.44. The van der Waals surface area contributed by atoms with Crippen molar-refractivity contribution >= 4 is 35.1 Å². The Morgan fingerprint density at radius 2 is 1.73 bits per heavy atom. The Kier molecular flexibility index (Phi) is 6.02. The van der Waals surface area contributed by atoms with Gasteiger partial charge in [-0.2, -0.15) is 10.2 Å². The third-order valence-corrected chi connectivity index (χ3v) is 5.18. The average molecular weight is 437 g/mol. The minimum Gasteiger partial charge on any atom is -0.497 e. The molecule has 5 nitrogen and oxygen atoms in total. The normalized spacial score (nSPS) is 11.0. The highest BCUT2D eigenvalue weighted by Crippen LogP contribution is 2.26. The van der Waals surface area contributed by atoms with E-state index in [2.05, 4.69) is 10.5 Å². The zero-order chi connectivity index (χ0) is 20.9. The summed E-state index contributed by atoms with van der Waals surface area (Å²) in [5, 5.41) is 10.1. The van der Waals surface area contributed by atoms with E-state index < -0.39 is 0 Å². The van der Waals surface area contributed by atoms with Crippen LogP contribution in [0.2, 0.25) is 10.0 Å². The number of benzene rings is 3. The summed E-state index contributed by atoms with van der Waals surface area (Å²) in [6.45, 7) is 0. The zero-order valence-electron chi connectivity index (χ0n) is 16.1. The fourth-order valence-electron chi connectivity index (χ4n) is 2.91. The molecule has 30 heavy (non-hydrogen) atoms. The average Bonchev–Trinajstić information content (AvgIpc) is 3.21. The van der Waals surface area contributed by atoms with Crippen LogP contribution in [0.3, 0.4) is 0 Å². The quantitative estimate of drug-likeness (QED) is 0.285. The van der Waals surface area contributed by atoms with Gasteiger partial charge in [0.2, 0.25) is 0 Å². The number of halogens is 2. The number of hydrogen-bond acceptors (Lipinski definition) is 4. The molecular formula is C23H18Cl2N4O. The van der Waals surface area contributed by atoms with Crippen LogP contribution < -0.4 is 10.2 Å². The molecule has 0 aliphatic rings. The minimum absolute atomic E-state index is 0.465. The summed E-state index contributed by atoms with van der Waals surface area (Å²) in [5.41, 5.74) is 7.30. The van der Waals surface area contributed by atoms with Crippen LogP contribution in [0.1, 0.15) is 5.56 Å². The van der Waals surface area contributed by atoms with Crippen LogP contribution in [-0.2, 0) is 0 Å². The molecule has 0 spiro atoms. The van der Waals surface area contributed by atoms with E-state index >= 15 is 0 Å². The lowest BCUT2D eigenvalue weighted by atomic mass is 10.1. The predicted octanol–water partition coefficient (Wildman–Crippen LogP) is 6.30. The fraction of sp³-hybridized carbons (Fsp3) is 0.0435. The second-order valence-electron chi connectivity index (χ2n) is 6.44. The zero-order valence-corrected chi connectivity index (χ0v) is 17.6. The molecule has 0 bridgehead atoms. The van der Waals surface area contributed by atoms with Gasteiger partial charge in [0.15, 0.2) is 0 Å². The number of rotatable bonds is 6. The highest BCUT2D eigenvalue weighted by atomic mass is 35.5. The number of ether oxygens (including phenoxy) is 1. The molecule has 0 saturated carbocycles. The van der Waals surface area contributed by atoms with Gasteiger partial charge in [0.05, 0.1) is 34.7 Å². The predicted molar refractivity (Wildman–Crippen MR) is 123 cm³/mol. The van der Waals surface area contributed by atoms with Crippen LogP contribution in [0.25, 0.3) is 16.9 Å². The van der Waals surface area contributed by atoms with Gasteiger partial charge in [-0.25, -0.2) is 4.68 Å². The summed E-state index contributed by atoms with van der Waals surface area (Å²) < 4.78 is 7.09. The van der Waals surface area contributed by atoms with Crippen LogP contribution in [0.4, 0.5) is 5.69 Å². The minimum atomic E-state index is 0.465. The maximum atomic E-state index is 6.06. The van der Waals surface area contributed by atoms with Gasteiger partial charge in [-0.15, -0.1) is 0 Å². The van der Waals surface area contributed by atoms with E-state index in [1.165, 1.54) is 0 Å². The van der Waals surface area contributed by atoms with Crippen molar-refractivity contribution in [1.82, 2.24) is 9.78 Å². The molecule has 1 heterocycles. The summed E-state index contributed by atoms with van der Waals surface area (Å²) in [7, 11) is 1.64. The molecule has 7 heteroatoms. The van der Waals surface area contributed by atoms with Crippen molar-refractivity contribution in [3.05, 3.63) is 94.6 Å². The standard InChI is InChI=1S/C23H18Cl2N4O/c1-30-20-10-7-16(8-11-20)23-17(15-29(28-23)19-5-3-2-4-6-19)14-26-27-18-9-12-21(24)22(25)13-18/h2-15,27H,1H3/b26-14+. The van der Waals surface area contributed by atoms with E-state index in [-0.39, 0.29) is 0 Å². The molecule has 0 fully saturated rings. The molecule has 1 aromatic heterocycles. The number of aromatic nitrogens is 2. The molecule has 0 amide bonds. The van der Waals surface area contributed by atoms with E-state index in [1.54, 1.807) is 25.5 Å². The summed E-state index contributed by atoms with van der Waals surface area (Å²) in [6, 6.07) is 22.9. The number of para-hydroxylation sites is 1. The first-order valence-corrected chi connectivity index (χ1v) is 9.93. The molecular weight excluding hydrogens is 419 g/mol. The Morgan fingerprint density at radius 1 is 0.967 bits per heavy atom. The van der Waals surface area contributed by atoms with Crippen molar-refractivity contribution in [2.24, 2.45) is 5.10 Å². The summed E-state index contributed by atoms with van der Waals surface area (Å²) in [4.78, 5) is 0. The summed E-state index contributed by atoms with van der Waals surface area (Å²) in [6.07, 6.45) is 3.67. The number of methoxy groups -OCH3 is 1. The molecule has 150 valence electrons. The maximum absolute atomic E-state index is 6.06. The van der Waals surface area contributed by atoms with Gasteiger partial charge in [0.25, 0.3) is 0 Å². The van der Waals surface area contributed by atoms with Crippen molar-refractivity contribution in [2.45, 2.75) is 0 Å². The monoisotopic (exact) mass is 436 g/mol. The van der Waals surface area contributed by atoms with Crippen LogP contribution in [0.15, 0.2) is 84.1 Å². The maximum Gasteiger partial charge on any atom is 0.118 e. The van der Waals surface area contributed by atoms with Gasteiger partial charge in [-0.3, -0.25) is 5.43 Å². The second-order valence-corrected chi connectivity index (χ2v) is 7.25. The molecule has 0 aliphatic heterocycles. The van der Waals surface area contributed by atoms with Gasteiger partial charge in [0, 0.05) is 17.3 Å². The van der Waals surface area contributed by atoms with Crippen molar-refractivity contribution < 1.29 is 4.74 Å². The molecule has 0 saturated heterocycles. The Bertz CT molecular complexity index is 1170. The van der Waals surface area contributed by atoms with Crippen LogP contribution >= 0.6 is 23.2 Å². The summed E-state index contributed by atoms with van der Waals surface area (Å²) in [5.74, 6) is 0.790. The Balaban J connectivity index is 1.67. The Morgan fingerprint density at radius 3 is 2.43 bits per heavy atom. The van der Waals surface area contributed by atoms with Crippen LogP contribution in [0, 0.1) is 0 Å². The largest absolute Gasteiger partial charge is 0.497 e. The molecule has 4 rings (SSSR count). The molecule has 3 aromatic carbocycles. The Hall–Kier alpha value is -3.28. The first kappa shape index (κ1) is 20.0. The SMILES string of the molecule is COc1ccc(-c2nn(-c3ccccc3)cc2/C=N/Nc2ccc(Cl)c(Cl)c2)cc1. The number of hydrogen-bond donors (Lipinski definition) is 1. The van der Waals surface area contributed by atoms with Crippen LogP contribution in [0.5, 0.6) is 5.75 Å². The molecule has 0 radical (unpaired) electrons. The van der Waals surface area contributed by atoms with Gasteiger partial charge in [-0.1, -0.05) is 41.4 Å². The topological polar surface area (TPSA) is 51.4 Å². The molecule has 4 aromatic rings. The van der Waals surface area contributed by atoms with E-state index in [1.807, 2.05) is 71.5 Å². The smallest absolute Gasteiger partial charge is 0.118 e. The molecule has 0 aliphatic carbocycles. The van der Waals surface area contributed by atoms with E-state index in [0.717, 1.165) is 33.9 Å². The lowest BCUT2D eigenvalue weighted by molar-refractivity contribution is 0.415. The van der Waals surface area contributed by atoms with Gasteiger partial charge < -0.3 is 4.74 Å². The van der Waals surface area contributed by atoms with Gasteiger partial charge in [-0.05, 0) is 54.6 Å². The van der Waals surface area contributed by atoms with Crippen LogP contribution in [-0.4, -0.2) is 23.1 Å². The summed E-state index contributed by atoms with van der Waals surface area (Å²) >= 11 is 12.0. The van der Waals surface area contributed by atoms with E-state index in [4.69, 9.17) is 33.0 Å². The van der Waals surface area contributed by atoms with Crippen molar-refractivity contribution in [1.29, 1.82) is 0 Å². The van der Waals surface area contributed by atoms with E-state index in [0.29, 0.717) is 10.0 Å². The highest BCUT2D eigenvalue weighted by molar-refractivity contribution is 6.42. The van der Waals surface area contributed by atoms with Crippen molar-refractivity contribution in [3.8, 4) is 22.7 Å². The lowest BCUT2D eigenvalue weighted by Crippen LogP contribution is -1.94. The molecule has 1 N–H and O–H groups in total. The Labute approximate surface area is 184 Å². The number of nitrogens with one attached hydrogen (secondary N) is 1. The number of hydrazone groups is 1. The lowest BCUT2D eigenvalue weighted by Gasteiger charge is -2.03. The number of anilines is 1.